The number of aliphatic imine (C=N–C) groups is 1. The third-order valence-corrected chi connectivity index (χ3v) is 5.98. The van der Waals surface area contributed by atoms with Crippen LogP contribution in [0.1, 0.15) is 23.5 Å². The van der Waals surface area contributed by atoms with E-state index in [0.717, 1.165) is 28.1 Å². The average molecular weight is 547 g/mol. The smallest absolute Gasteiger partial charge is 0.191 e. The minimum absolute atomic E-state index is 0. The van der Waals surface area contributed by atoms with E-state index >= 15 is 0 Å². The molecule has 2 heterocycles. The number of fused-ring (bicyclic) bond motifs is 1. The molecule has 4 aromatic rings. The van der Waals surface area contributed by atoms with Crippen LogP contribution in [0, 0.1) is 0 Å². The van der Waals surface area contributed by atoms with Gasteiger partial charge in [0, 0.05) is 35.1 Å². The summed E-state index contributed by atoms with van der Waals surface area (Å²) >= 11 is 1.62. The number of aliphatic hydroxyl groups is 1. The normalized spacial score (nSPS) is 12.4. The summed E-state index contributed by atoms with van der Waals surface area (Å²) in [5.41, 5.74) is 2.15. The summed E-state index contributed by atoms with van der Waals surface area (Å²) in [6.45, 7) is 3.68. The van der Waals surface area contributed by atoms with Crippen molar-refractivity contribution in [2.75, 3.05) is 13.1 Å². The largest absolute Gasteiger partial charge is 0.386 e. The van der Waals surface area contributed by atoms with Gasteiger partial charge in [0.2, 0.25) is 0 Å². The second-order valence-electron chi connectivity index (χ2n) is 6.88. The van der Waals surface area contributed by atoms with E-state index in [9.17, 15) is 5.11 Å². The van der Waals surface area contributed by atoms with Crippen molar-refractivity contribution in [2.45, 2.75) is 19.6 Å². The van der Waals surface area contributed by atoms with E-state index in [4.69, 9.17) is 4.99 Å². The standard InChI is InChI=1S/C23H25N5OS.HI/c1-2-25-23(26-14-18-8-3-5-9-19(18)28-12-11-24-16-28)27-15-20(29)22-13-17-7-4-6-10-21(17)30-22;/h3-13,16,20,29H,2,14-15H2,1H3,(H2,25,26,27);1H. The van der Waals surface area contributed by atoms with Gasteiger partial charge in [-0.05, 0) is 36.1 Å². The van der Waals surface area contributed by atoms with Gasteiger partial charge in [-0.2, -0.15) is 0 Å². The van der Waals surface area contributed by atoms with Gasteiger partial charge in [-0.1, -0.05) is 36.4 Å². The highest BCUT2D eigenvalue weighted by Crippen LogP contribution is 2.29. The molecule has 4 rings (SSSR count). The van der Waals surface area contributed by atoms with Crippen molar-refractivity contribution in [3.63, 3.8) is 0 Å². The van der Waals surface area contributed by atoms with Crippen LogP contribution in [0.5, 0.6) is 0 Å². The average Bonchev–Trinajstić information content (AvgIpc) is 3.45. The molecular weight excluding hydrogens is 521 g/mol. The van der Waals surface area contributed by atoms with Crippen LogP contribution in [-0.2, 0) is 6.54 Å². The number of nitrogens with zero attached hydrogens (tertiary/aromatic N) is 3. The topological polar surface area (TPSA) is 74.5 Å². The van der Waals surface area contributed by atoms with E-state index < -0.39 is 6.10 Å². The maximum Gasteiger partial charge on any atom is 0.191 e. The van der Waals surface area contributed by atoms with Gasteiger partial charge < -0.3 is 20.3 Å². The predicted octanol–water partition coefficient (Wildman–Crippen LogP) is 4.49. The zero-order chi connectivity index (χ0) is 20.8. The van der Waals surface area contributed by atoms with Gasteiger partial charge in [-0.15, -0.1) is 35.3 Å². The molecule has 0 spiro atoms. The zero-order valence-corrected chi connectivity index (χ0v) is 20.4. The monoisotopic (exact) mass is 547 g/mol. The molecule has 31 heavy (non-hydrogen) atoms. The number of guanidine groups is 1. The first kappa shape index (κ1) is 23.2. The van der Waals surface area contributed by atoms with Crippen LogP contribution in [0.3, 0.4) is 0 Å². The molecule has 0 fully saturated rings. The van der Waals surface area contributed by atoms with Crippen molar-refractivity contribution < 1.29 is 5.11 Å². The van der Waals surface area contributed by atoms with Crippen molar-refractivity contribution in [1.29, 1.82) is 0 Å². The number of benzene rings is 2. The fourth-order valence-corrected chi connectivity index (χ4v) is 4.32. The van der Waals surface area contributed by atoms with Gasteiger partial charge in [-0.3, -0.25) is 0 Å². The SMILES string of the molecule is CCNC(=NCc1ccccc1-n1ccnc1)NCC(O)c1cc2ccccc2s1.I. The van der Waals surface area contributed by atoms with E-state index in [1.165, 1.54) is 4.70 Å². The molecule has 2 aromatic heterocycles. The first-order valence-corrected chi connectivity index (χ1v) is 10.8. The molecule has 3 N–H and O–H groups in total. The molecule has 0 radical (unpaired) electrons. The second-order valence-corrected chi connectivity index (χ2v) is 7.99. The Hall–Kier alpha value is -2.43. The quantitative estimate of drug-likeness (QED) is 0.181. The summed E-state index contributed by atoms with van der Waals surface area (Å²) in [7, 11) is 0. The predicted molar refractivity (Wildman–Crippen MR) is 139 cm³/mol. The Kier molecular flexibility index (Phi) is 8.44. The number of hydrogen-bond donors (Lipinski definition) is 3. The molecule has 8 heteroatoms. The van der Waals surface area contributed by atoms with Crippen LogP contribution in [0.15, 0.2) is 78.3 Å². The highest BCUT2D eigenvalue weighted by atomic mass is 127. The van der Waals surface area contributed by atoms with Crippen LogP contribution < -0.4 is 10.6 Å². The van der Waals surface area contributed by atoms with Gasteiger partial charge in [0.1, 0.15) is 6.10 Å². The lowest BCUT2D eigenvalue weighted by Gasteiger charge is -2.15. The van der Waals surface area contributed by atoms with Crippen LogP contribution in [0.4, 0.5) is 0 Å². The van der Waals surface area contributed by atoms with E-state index in [0.29, 0.717) is 19.0 Å². The molecule has 0 saturated carbocycles. The van der Waals surface area contributed by atoms with Crippen molar-refractivity contribution in [3.05, 3.63) is 83.8 Å². The fraction of sp³-hybridized carbons (Fsp3) is 0.217. The van der Waals surface area contributed by atoms with Crippen LogP contribution >= 0.6 is 35.3 Å². The molecule has 1 unspecified atom stereocenters. The summed E-state index contributed by atoms with van der Waals surface area (Å²) in [6.07, 6.45) is 4.88. The highest BCUT2D eigenvalue weighted by Gasteiger charge is 2.12. The number of halogens is 1. The number of aliphatic hydroxyl groups excluding tert-OH is 1. The molecule has 0 amide bonds. The Morgan fingerprint density at radius 3 is 2.74 bits per heavy atom. The Bertz CT molecular complexity index is 1090. The van der Waals surface area contributed by atoms with Crippen molar-refractivity contribution >= 4 is 51.4 Å². The second kappa shape index (κ2) is 11.3. The van der Waals surface area contributed by atoms with E-state index in [2.05, 4.69) is 45.9 Å². The first-order valence-electron chi connectivity index (χ1n) is 9.99. The van der Waals surface area contributed by atoms with Crippen LogP contribution in [-0.4, -0.2) is 33.7 Å². The highest BCUT2D eigenvalue weighted by molar-refractivity contribution is 14.0. The summed E-state index contributed by atoms with van der Waals surface area (Å²) in [5, 5.41) is 18.3. The fourth-order valence-electron chi connectivity index (χ4n) is 3.26. The maximum atomic E-state index is 10.6. The van der Waals surface area contributed by atoms with Gasteiger partial charge in [0.25, 0.3) is 0 Å². The third-order valence-electron chi connectivity index (χ3n) is 4.76. The number of para-hydroxylation sites is 1. The number of rotatable bonds is 7. The molecule has 0 aliphatic rings. The first-order chi connectivity index (χ1) is 14.7. The van der Waals surface area contributed by atoms with Crippen molar-refractivity contribution in [2.24, 2.45) is 4.99 Å². The molecule has 162 valence electrons. The van der Waals surface area contributed by atoms with Gasteiger partial charge in [0.05, 0.1) is 18.6 Å². The van der Waals surface area contributed by atoms with Gasteiger partial charge in [0.15, 0.2) is 5.96 Å². The zero-order valence-electron chi connectivity index (χ0n) is 17.2. The van der Waals surface area contributed by atoms with Crippen molar-refractivity contribution in [1.82, 2.24) is 20.2 Å². The summed E-state index contributed by atoms with van der Waals surface area (Å²) in [5.74, 6) is 0.679. The minimum Gasteiger partial charge on any atom is -0.386 e. The Morgan fingerprint density at radius 2 is 1.97 bits per heavy atom. The van der Waals surface area contributed by atoms with E-state index in [-0.39, 0.29) is 24.0 Å². The summed E-state index contributed by atoms with van der Waals surface area (Å²) in [4.78, 5) is 9.80. The number of aromatic nitrogens is 2. The number of nitrogens with one attached hydrogen (secondary N) is 2. The molecule has 0 aliphatic carbocycles. The molecule has 1 atom stereocenters. The summed E-state index contributed by atoms with van der Waals surface area (Å²) in [6, 6.07) is 18.4. The number of hydrogen-bond acceptors (Lipinski definition) is 4. The lowest BCUT2D eigenvalue weighted by molar-refractivity contribution is 0.184. The maximum absolute atomic E-state index is 10.6. The third kappa shape index (κ3) is 5.84. The summed E-state index contributed by atoms with van der Waals surface area (Å²) < 4.78 is 3.17. The lowest BCUT2D eigenvalue weighted by atomic mass is 10.2. The molecule has 0 bridgehead atoms. The number of imidazole rings is 1. The molecule has 0 saturated heterocycles. The number of thiophene rings is 1. The Morgan fingerprint density at radius 1 is 1.16 bits per heavy atom. The molecule has 2 aromatic carbocycles. The lowest BCUT2D eigenvalue weighted by Crippen LogP contribution is -2.39. The van der Waals surface area contributed by atoms with Gasteiger partial charge >= 0.3 is 0 Å². The molecular formula is C23H26IN5OS. The molecule has 0 aliphatic heterocycles. The van der Waals surface area contributed by atoms with Crippen LogP contribution in [0.25, 0.3) is 15.8 Å². The van der Waals surface area contributed by atoms with Crippen molar-refractivity contribution in [3.8, 4) is 5.69 Å². The molecule has 6 nitrogen and oxygen atoms in total. The van der Waals surface area contributed by atoms with E-state index in [1.54, 1.807) is 23.9 Å². The Balaban J connectivity index is 0.00000272. The minimum atomic E-state index is -0.593. The van der Waals surface area contributed by atoms with Crippen LogP contribution in [0.2, 0.25) is 0 Å². The van der Waals surface area contributed by atoms with Gasteiger partial charge in [-0.25, -0.2) is 9.98 Å². The Labute approximate surface area is 203 Å². The van der Waals surface area contributed by atoms with E-state index in [1.807, 2.05) is 42.0 Å².